The van der Waals surface area contributed by atoms with Crippen molar-refractivity contribution in [3.8, 4) is 5.69 Å². The van der Waals surface area contributed by atoms with Crippen molar-refractivity contribution in [2.24, 2.45) is 0 Å². The molecule has 3 rings (SSSR count). The first kappa shape index (κ1) is 16.2. The van der Waals surface area contributed by atoms with Crippen molar-refractivity contribution >= 4 is 23.2 Å². The van der Waals surface area contributed by atoms with E-state index in [1.807, 2.05) is 31.2 Å². The molecule has 0 aliphatic rings. The fourth-order valence-electron chi connectivity index (χ4n) is 2.38. The summed E-state index contributed by atoms with van der Waals surface area (Å²) in [5, 5.41) is 11.5. The number of carbonyl (C=O) groups is 1. The van der Waals surface area contributed by atoms with Crippen LogP contribution >= 0.6 is 11.6 Å². The molecule has 1 N–H and O–H groups in total. The minimum Gasteiger partial charge on any atom is -0.321 e. The van der Waals surface area contributed by atoms with Gasteiger partial charge in [-0.25, -0.2) is 4.68 Å². The summed E-state index contributed by atoms with van der Waals surface area (Å²) in [6, 6.07) is 15.0. The molecule has 1 heterocycles. The third-order valence-corrected chi connectivity index (χ3v) is 4.05. The first-order valence-corrected chi connectivity index (χ1v) is 8.05. The second kappa shape index (κ2) is 6.84. The zero-order valence-corrected chi connectivity index (χ0v) is 14.2. The van der Waals surface area contributed by atoms with E-state index in [2.05, 4.69) is 22.6 Å². The zero-order chi connectivity index (χ0) is 17.1. The molecule has 122 valence electrons. The molecule has 0 spiro atoms. The molecule has 24 heavy (non-hydrogen) atoms. The second-order valence-electron chi connectivity index (χ2n) is 5.42. The highest BCUT2D eigenvalue weighted by molar-refractivity contribution is 6.30. The number of amides is 1. The smallest absolute Gasteiger partial charge is 0.278 e. The number of halogens is 1. The topological polar surface area (TPSA) is 59.8 Å². The summed E-state index contributed by atoms with van der Waals surface area (Å²) in [6.07, 6.45) is 0.978. The van der Waals surface area contributed by atoms with Crippen molar-refractivity contribution in [2.75, 3.05) is 5.32 Å². The van der Waals surface area contributed by atoms with Crippen LogP contribution in [-0.2, 0) is 6.42 Å². The van der Waals surface area contributed by atoms with Gasteiger partial charge in [-0.1, -0.05) is 35.9 Å². The quantitative estimate of drug-likeness (QED) is 0.779. The van der Waals surface area contributed by atoms with Crippen LogP contribution in [0.3, 0.4) is 0 Å². The molecule has 2 aromatic carbocycles. The van der Waals surface area contributed by atoms with Gasteiger partial charge in [0.05, 0.1) is 11.4 Å². The van der Waals surface area contributed by atoms with Crippen LogP contribution in [0.2, 0.25) is 5.02 Å². The third kappa shape index (κ3) is 3.31. The van der Waals surface area contributed by atoms with Gasteiger partial charge in [-0.15, -0.1) is 5.10 Å². The number of hydrogen-bond donors (Lipinski definition) is 1. The lowest BCUT2D eigenvalue weighted by molar-refractivity contribution is 0.102. The summed E-state index contributed by atoms with van der Waals surface area (Å²) in [5.41, 5.74) is 3.76. The molecule has 0 saturated carbocycles. The minimum absolute atomic E-state index is 0.296. The van der Waals surface area contributed by atoms with E-state index in [1.165, 1.54) is 5.56 Å². The minimum atomic E-state index is -0.300. The van der Waals surface area contributed by atoms with Crippen molar-refractivity contribution in [1.82, 2.24) is 15.0 Å². The van der Waals surface area contributed by atoms with Gasteiger partial charge in [0.15, 0.2) is 5.69 Å². The molecule has 0 bridgehead atoms. The molecule has 5 nitrogen and oxygen atoms in total. The normalized spacial score (nSPS) is 10.6. The summed E-state index contributed by atoms with van der Waals surface area (Å²) < 4.78 is 1.66. The van der Waals surface area contributed by atoms with E-state index in [1.54, 1.807) is 28.9 Å². The predicted molar refractivity (Wildman–Crippen MR) is 94.9 cm³/mol. The van der Waals surface area contributed by atoms with Gasteiger partial charge in [0, 0.05) is 10.7 Å². The Hall–Kier alpha value is -2.66. The summed E-state index contributed by atoms with van der Waals surface area (Å²) >= 11 is 5.84. The Morgan fingerprint density at radius 3 is 2.42 bits per heavy atom. The van der Waals surface area contributed by atoms with Gasteiger partial charge >= 0.3 is 0 Å². The fraction of sp³-hybridized carbons (Fsp3) is 0.167. The highest BCUT2D eigenvalue weighted by Gasteiger charge is 2.17. The highest BCUT2D eigenvalue weighted by Crippen LogP contribution is 2.17. The Bertz CT molecular complexity index is 854. The molecule has 6 heteroatoms. The molecule has 0 aliphatic heterocycles. The molecule has 0 saturated heterocycles. The molecule has 1 aromatic heterocycles. The van der Waals surface area contributed by atoms with Crippen LogP contribution in [-0.4, -0.2) is 20.9 Å². The van der Waals surface area contributed by atoms with Gasteiger partial charge in [0.25, 0.3) is 5.91 Å². The lowest BCUT2D eigenvalue weighted by Gasteiger charge is -2.06. The monoisotopic (exact) mass is 340 g/mol. The van der Waals surface area contributed by atoms with E-state index in [9.17, 15) is 4.79 Å². The highest BCUT2D eigenvalue weighted by atomic mass is 35.5. The van der Waals surface area contributed by atoms with Crippen LogP contribution in [0.1, 0.15) is 28.7 Å². The van der Waals surface area contributed by atoms with E-state index in [0.717, 1.165) is 12.1 Å². The first-order chi connectivity index (χ1) is 11.6. The van der Waals surface area contributed by atoms with Crippen LogP contribution in [0.15, 0.2) is 48.5 Å². The van der Waals surface area contributed by atoms with Crippen molar-refractivity contribution in [3.05, 3.63) is 70.5 Å². The van der Waals surface area contributed by atoms with Gasteiger partial charge < -0.3 is 5.32 Å². The molecule has 0 radical (unpaired) electrons. The van der Waals surface area contributed by atoms with Crippen molar-refractivity contribution < 1.29 is 4.79 Å². The lowest BCUT2D eigenvalue weighted by atomic mass is 10.1. The van der Waals surface area contributed by atoms with Gasteiger partial charge in [0.2, 0.25) is 0 Å². The van der Waals surface area contributed by atoms with Crippen LogP contribution in [0, 0.1) is 6.92 Å². The van der Waals surface area contributed by atoms with E-state index in [0.29, 0.717) is 22.1 Å². The van der Waals surface area contributed by atoms with Crippen molar-refractivity contribution in [2.45, 2.75) is 20.3 Å². The maximum absolute atomic E-state index is 12.4. The number of nitrogens with one attached hydrogen (secondary N) is 1. The SMILES string of the molecule is CCc1ccc(-n2nnc(C(=O)Nc3ccc(Cl)cc3)c2C)cc1. The van der Waals surface area contributed by atoms with E-state index in [4.69, 9.17) is 11.6 Å². The predicted octanol–water partition coefficient (Wildman–Crippen LogP) is 4.04. The van der Waals surface area contributed by atoms with Gasteiger partial charge in [0.1, 0.15) is 0 Å². The molecular formula is C18H17ClN4O. The van der Waals surface area contributed by atoms with Crippen LogP contribution in [0.25, 0.3) is 5.69 Å². The average molecular weight is 341 g/mol. The Morgan fingerprint density at radius 1 is 1.12 bits per heavy atom. The van der Waals surface area contributed by atoms with Gasteiger partial charge in [-0.3, -0.25) is 4.79 Å². The summed E-state index contributed by atoms with van der Waals surface area (Å²) in [7, 11) is 0. The number of anilines is 1. The Balaban J connectivity index is 1.83. The number of aromatic nitrogens is 3. The van der Waals surface area contributed by atoms with E-state index < -0.39 is 0 Å². The number of aryl methyl sites for hydroxylation is 1. The second-order valence-corrected chi connectivity index (χ2v) is 5.85. The van der Waals surface area contributed by atoms with Crippen molar-refractivity contribution in [3.63, 3.8) is 0 Å². The maximum Gasteiger partial charge on any atom is 0.278 e. The number of rotatable bonds is 4. The van der Waals surface area contributed by atoms with E-state index in [-0.39, 0.29) is 5.91 Å². The maximum atomic E-state index is 12.4. The first-order valence-electron chi connectivity index (χ1n) is 7.67. The molecule has 0 aliphatic carbocycles. The largest absolute Gasteiger partial charge is 0.321 e. The Morgan fingerprint density at radius 2 is 1.79 bits per heavy atom. The zero-order valence-electron chi connectivity index (χ0n) is 13.5. The standard InChI is InChI=1S/C18H17ClN4O/c1-3-13-4-10-16(11-5-13)23-12(2)17(21-22-23)18(24)20-15-8-6-14(19)7-9-15/h4-11H,3H2,1-2H3,(H,20,24). The number of carbonyl (C=O) groups excluding carboxylic acids is 1. The van der Waals surface area contributed by atoms with Crippen LogP contribution in [0.5, 0.6) is 0 Å². The average Bonchev–Trinajstić information content (AvgIpc) is 2.98. The molecule has 3 aromatic rings. The van der Waals surface area contributed by atoms with Gasteiger partial charge in [-0.05, 0) is 55.3 Å². The summed E-state index contributed by atoms with van der Waals surface area (Å²) in [6.45, 7) is 3.93. The molecular weight excluding hydrogens is 324 g/mol. The number of benzene rings is 2. The third-order valence-electron chi connectivity index (χ3n) is 3.80. The van der Waals surface area contributed by atoms with Crippen molar-refractivity contribution in [1.29, 1.82) is 0 Å². The molecule has 0 atom stereocenters. The molecule has 0 unspecified atom stereocenters. The Kier molecular flexibility index (Phi) is 4.62. The number of hydrogen-bond acceptors (Lipinski definition) is 3. The fourth-order valence-corrected chi connectivity index (χ4v) is 2.51. The lowest BCUT2D eigenvalue weighted by Crippen LogP contribution is -2.14. The summed E-state index contributed by atoms with van der Waals surface area (Å²) in [5.74, 6) is -0.300. The molecule has 0 fully saturated rings. The molecule has 1 amide bonds. The number of nitrogens with zero attached hydrogens (tertiary/aromatic N) is 3. The Labute approximate surface area is 145 Å². The van der Waals surface area contributed by atoms with E-state index >= 15 is 0 Å². The summed E-state index contributed by atoms with van der Waals surface area (Å²) in [4.78, 5) is 12.4. The van der Waals surface area contributed by atoms with Gasteiger partial charge in [-0.2, -0.15) is 0 Å². The van der Waals surface area contributed by atoms with Crippen LogP contribution in [0.4, 0.5) is 5.69 Å². The van der Waals surface area contributed by atoms with Crippen LogP contribution < -0.4 is 5.32 Å².